The van der Waals surface area contributed by atoms with Crippen molar-refractivity contribution in [3.05, 3.63) is 66.0 Å². The number of allylic oxidation sites excluding steroid dienone is 1. The number of benzene rings is 1. The van der Waals surface area contributed by atoms with Gasteiger partial charge in [-0.3, -0.25) is 9.80 Å². The Morgan fingerprint density at radius 3 is 2.65 bits per heavy atom. The van der Waals surface area contributed by atoms with E-state index in [0.29, 0.717) is 24.0 Å². The highest BCUT2D eigenvalue weighted by molar-refractivity contribution is 6.30. The van der Waals surface area contributed by atoms with Crippen LogP contribution in [0.2, 0.25) is 5.02 Å². The van der Waals surface area contributed by atoms with E-state index in [1.807, 2.05) is 31.2 Å². The van der Waals surface area contributed by atoms with E-state index in [4.69, 9.17) is 16.3 Å². The van der Waals surface area contributed by atoms with Gasteiger partial charge in [-0.05, 0) is 44.5 Å². The van der Waals surface area contributed by atoms with Gasteiger partial charge in [0.25, 0.3) is 0 Å². The van der Waals surface area contributed by atoms with Crippen LogP contribution in [0.15, 0.2) is 49.3 Å². The van der Waals surface area contributed by atoms with Gasteiger partial charge in [0.15, 0.2) is 11.6 Å². The second kappa shape index (κ2) is 12.0. The number of nitrogens with one attached hydrogen (secondary N) is 1. The number of carbonyl (C=O) groups is 1. The second-order valence-corrected chi connectivity index (χ2v) is 7.42. The molecule has 0 saturated heterocycles. The number of hydrazine groups is 1. The van der Waals surface area contributed by atoms with Crippen LogP contribution in [-0.4, -0.2) is 45.5 Å². The molecule has 0 amide bonds. The van der Waals surface area contributed by atoms with Gasteiger partial charge in [-0.2, -0.15) is 0 Å². The first-order valence-corrected chi connectivity index (χ1v) is 10.7. The van der Waals surface area contributed by atoms with Crippen LogP contribution in [0.5, 0.6) is 0 Å². The number of hydrogen-bond donors (Lipinski definition) is 1. The Hall–Kier alpha value is -3.00. The van der Waals surface area contributed by atoms with E-state index >= 15 is 0 Å². The van der Waals surface area contributed by atoms with Crippen LogP contribution in [0.4, 0.5) is 5.69 Å². The summed E-state index contributed by atoms with van der Waals surface area (Å²) in [5, 5.41) is 10.8. The molecular formula is C22H31ClN6O2. The van der Waals surface area contributed by atoms with Crippen molar-refractivity contribution in [1.82, 2.24) is 19.9 Å². The molecule has 1 aromatic heterocycles. The highest BCUT2D eigenvalue weighted by Crippen LogP contribution is 2.23. The monoisotopic (exact) mass is 446 g/mol. The Morgan fingerprint density at radius 2 is 2.03 bits per heavy atom. The Morgan fingerprint density at radius 1 is 1.32 bits per heavy atom. The molecule has 2 aromatic rings. The largest absolute Gasteiger partial charge is 0.465 e. The Kier molecular flexibility index (Phi) is 9.40. The van der Waals surface area contributed by atoms with Crippen LogP contribution in [0.1, 0.15) is 44.8 Å². The minimum atomic E-state index is -0.353. The predicted molar refractivity (Wildman–Crippen MR) is 124 cm³/mol. The van der Waals surface area contributed by atoms with Crippen molar-refractivity contribution >= 4 is 23.3 Å². The summed E-state index contributed by atoms with van der Waals surface area (Å²) in [7, 11) is 0. The fourth-order valence-electron chi connectivity index (χ4n) is 2.93. The molecule has 0 bridgehead atoms. The lowest BCUT2D eigenvalue weighted by atomic mass is 10.1. The van der Waals surface area contributed by atoms with E-state index in [9.17, 15) is 4.79 Å². The fourth-order valence-corrected chi connectivity index (χ4v) is 3.06. The molecule has 0 aliphatic carbocycles. The summed E-state index contributed by atoms with van der Waals surface area (Å²) in [6, 6.07) is 7.73. The number of aryl methyl sites for hydroxylation is 1. The molecule has 0 aliphatic rings. The van der Waals surface area contributed by atoms with Gasteiger partial charge in [0.05, 0.1) is 6.61 Å². The van der Waals surface area contributed by atoms with E-state index in [0.717, 1.165) is 17.9 Å². The number of carbonyl (C=O) groups excluding carboxylic acids is 1. The van der Waals surface area contributed by atoms with Gasteiger partial charge in [-0.1, -0.05) is 38.1 Å². The molecule has 0 spiro atoms. The van der Waals surface area contributed by atoms with E-state index in [1.54, 1.807) is 16.6 Å². The van der Waals surface area contributed by atoms with Crippen molar-refractivity contribution in [2.24, 2.45) is 0 Å². The molecule has 1 N–H and O–H groups in total. The van der Waals surface area contributed by atoms with E-state index in [2.05, 4.69) is 53.3 Å². The summed E-state index contributed by atoms with van der Waals surface area (Å²) < 4.78 is 6.78. The maximum atomic E-state index is 11.9. The van der Waals surface area contributed by atoms with Crippen molar-refractivity contribution < 1.29 is 9.53 Å². The standard InChI is InChI=1S/C22H31ClN6O2/c1-6-9-14-27(20-12-10-19(23)11-13-20)15-17(4)22-25-24-18(5)29(22)26-28(7-2)16-21(30)31-8-3/h7,9-14,17,26H,2,6,8,15-16H2,1,3-5H3/b14-9+/t17-/m1/s1. The first-order valence-electron chi connectivity index (χ1n) is 10.3. The number of esters is 1. The Bertz CT molecular complexity index is 881. The molecule has 0 unspecified atom stereocenters. The minimum Gasteiger partial charge on any atom is -0.465 e. The number of halogens is 1. The summed E-state index contributed by atoms with van der Waals surface area (Å²) >= 11 is 6.05. The summed E-state index contributed by atoms with van der Waals surface area (Å²) in [4.78, 5) is 14.0. The number of hydrogen-bond acceptors (Lipinski definition) is 7. The second-order valence-electron chi connectivity index (χ2n) is 6.98. The highest BCUT2D eigenvalue weighted by atomic mass is 35.5. The molecule has 168 valence electrons. The predicted octanol–water partition coefficient (Wildman–Crippen LogP) is 4.24. The van der Waals surface area contributed by atoms with Crippen molar-refractivity contribution in [3.63, 3.8) is 0 Å². The molecule has 0 saturated carbocycles. The number of aromatic nitrogens is 3. The van der Waals surface area contributed by atoms with Gasteiger partial charge >= 0.3 is 5.97 Å². The average Bonchev–Trinajstić information content (AvgIpc) is 3.11. The SMILES string of the molecule is C=CN(CC(=O)OCC)Nn1c(C)nnc1[C@H](C)CN(/C=C/CC)c1ccc(Cl)cc1. The molecule has 1 atom stereocenters. The fraction of sp³-hybridized carbons (Fsp3) is 0.409. The normalized spacial score (nSPS) is 11.9. The third kappa shape index (κ3) is 7.03. The van der Waals surface area contributed by atoms with Gasteiger partial charge in [0.1, 0.15) is 6.54 Å². The van der Waals surface area contributed by atoms with E-state index in [1.165, 1.54) is 6.20 Å². The van der Waals surface area contributed by atoms with Crippen molar-refractivity contribution in [2.75, 3.05) is 30.1 Å². The lowest BCUT2D eigenvalue weighted by molar-refractivity contribution is -0.143. The summed E-state index contributed by atoms with van der Waals surface area (Å²) in [6.07, 6.45) is 6.62. The maximum absolute atomic E-state index is 11.9. The number of ether oxygens (including phenoxy) is 1. The summed E-state index contributed by atoms with van der Waals surface area (Å²) in [5.74, 6) is 1.06. The maximum Gasteiger partial charge on any atom is 0.327 e. The van der Waals surface area contributed by atoms with E-state index in [-0.39, 0.29) is 18.4 Å². The lowest BCUT2D eigenvalue weighted by Crippen LogP contribution is -2.38. The zero-order valence-corrected chi connectivity index (χ0v) is 19.3. The van der Waals surface area contributed by atoms with Crippen LogP contribution < -0.4 is 10.4 Å². The van der Waals surface area contributed by atoms with Crippen LogP contribution in [0.25, 0.3) is 0 Å². The quantitative estimate of drug-likeness (QED) is 0.386. The first kappa shape index (κ1) is 24.3. The van der Waals surface area contributed by atoms with Crippen LogP contribution in [0.3, 0.4) is 0 Å². The first-order chi connectivity index (χ1) is 14.9. The molecule has 0 fully saturated rings. The van der Waals surface area contributed by atoms with Gasteiger partial charge < -0.3 is 9.64 Å². The molecule has 31 heavy (non-hydrogen) atoms. The lowest BCUT2D eigenvalue weighted by Gasteiger charge is -2.27. The van der Waals surface area contributed by atoms with Crippen LogP contribution in [-0.2, 0) is 9.53 Å². The molecule has 2 rings (SSSR count). The third-order valence-electron chi connectivity index (χ3n) is 4.49. The van der Waals surface area contributed by atoms with E-state index < -0.39 is 0 Å². The van der Waals surface area contributed by atoms with Crippen molar-refractivity contribution in [1.29, 1.82) is 0 Å². The number of anilines is 1. The number of rotatable bonds is 12. The topological polar surface area (TPSA) is 75.5 Å². The molecule has 0 radical (unpaired) electrons. The Labute approximate surface area is 189 Å². The zero-order valence-electron chi connectivity index (χ0n) is 18.6. The molecule has 1 aromatic carbocycles. The van der Waals surface area contributed by atoms with Crippen molar-refractivity contribution in [3.8, 4) is 0 Å². The zero-order chi connectivity index (χ0) is 22.8. The van der Waals surface area contributed by atoms with Crippen molar-refractivity contribution in [2.45, 2.75) is 40.0 Å². The molecule has 8 nitrogen and oxygen atoms in total. The van der Waals surface area contributed by atoms with Crippen LogP contribution in [0, 0.1) is 6.92 Å². The number of nitrogens with zero attached hydrogens (tertiary/aromatic N) is 5. The van der Waals surface area contributed by atoms with Gasteiger partial charge in [0, 0.05) is 35.6 Å². The summed E-state index contributed by atoms with van der Waals surface area (Å²) in [6.45, 7) is 12.6. The average molecular weight is 447 g/mol. The van der Waals surface area contributed by atoms with Crippen LogP contribution >= 0.6 is 11.6 Å². The van der Waals surface area contributed by atoms with Gasteiger partial charge in [0.2, 0.25) is 0 Å². The Balaban J connectivity index is 2.21. The molecular weight excluding hydrogens is 416 g/mol. The smallest absolute Gasteiger partial charge is 0.327 e. The summed E-state index contributed by atoms with van der Waals surface area (Å²) in [5.41, 5.74) is 4.17. The molecule has 9 heteroatoms. The molecule has 1 heterocycles. The van der Waals surface area contributed by atoms with Gasteiger partial charge in [-0.25, -0.2) is 10.2 Å². The molecule has 0 aliphatic heterocycles. The third-order valence-corrected chi connectivity index (χ3v) is 4.75. The minimum absolute atomic E-state index is 0.0128. The highest BCUT2D eigenvalue weighted by Gasteiger charge is 2.20. The van der Waals surface area contributed by atoms with Gasteiger partial charge in [-0.15, -0.1) is 10.2 Å².